The third-order valence-electron chi connectivity index (χ3n) is 2.91. The molecule has 0 bridgehead atoms. The van der Waals surface area contributed by atoms with E-state index in [0.29, 0.717) is 33.4 Å². The molecule has 2 aromatic rings. The van der Waals surface area contributed by atoms with Gasteiger partial charge < -0.3 is 9.47 Å². The van der Waals surface area contributed by atoms with E-state index in [0.717, 1.165) is 0 Å². The van der Waals surface area contributed by atoms with E-state index in [-0.39, 0.29) is 0 Å². The quantitative estimate of drug-likeness (QED) is 0.825. The van der Waals surface area contributed by atoms with Crippen molar-refractivity contribution >= 4 is 28.4 Å². The Bertz CT molecular complexity index is 780. The van der Waals surface area contributed by atoms with Gasteiger partial charge in [0.15, 0.2) is 0 Å². The molecule has 0 radical (unpaired) electrons. The highest BCUT2D eigenvalue weighted by molar-refractivity contribution is 7.19. The summed E-state index contributed by atoms with van der Waals surface area (Å²) in [7, 11) is 0. The number of hydrogen-bond donors (Lipinski definition) is 1. The van der Waals surface area contributed by atoms with Gasteiger partial charge in [-0.1, -0.05) is 11.3 Å². The number of ether oxygens (including phenoxy) is 2. The molecular formula is C17H21N3O4S. The summed E-state index contributed by atoms with van der Waals surface area (Å²) in [6, 6.07) is 1.67. The van der Waals surface area contributed by atoms with E-state index in [4.69, 9.17) is 9.47 Å². The third kappa shape index (κ3) is 5.25. The van der Waals surface area contributed by atoms with Crippen LogP contribution in [0.15, 0.2) is 18.5 Å². The van der Waals surface area contributed by atoms with Crippen molar-refractivity contribution in [2.75, 3.05) is 11.9 Å². The summed E-state index contributed by atoms with van der Waals surface area (Å²) in [5, 5.41) is 3.93. The van der Waals surface area contributed by atoms with Crippen LogP contribution < -0.4 is 5.32 Å². The van der Waals surface area contributed by atoms with Crippen LogP contribution in [0, 0.1) is 6.92 Å². The lowest BCUT2D eigenvalue weighted by Crippen LogP contribution is -2.27. The van der Waals surface area contributed by atoms with E-state index < -0.39 is 17.7 Å². The van der Waals surface area contributed by atoms with Crippen molar-refractivity contribution in [3.63, 3.8) is 0 Å². The molecule has 2 aromatic heterocycles. The highest BCUT2D eigenvalue weighted by atomic mass is 32.1. The van der Waals surface area contributed by atoms with Gasteiger partial charge in [0.1, 0.15) is 15.6 Å². The van der Waals surface area contributed by atoms with Gasteiger partial charge in [0.2, 0.25) is 0 Å². The van der Waals surface area contributed by atoms with Gasteiger partial charge in [-0.2, -0.15) is 0 Å². The molecule has 134 valence electrons. The maximum Gasteiger partial charge on any atom is 0.412 e. The van der Waals surface area contributed by atoms with E-state index in [1.807, 2.05) is 0 Å². The third-order valence-corrected chi connectivity index (χ3v) is 4.03. The Hall–Kier alpha value is -2.48. The molecule has 0 spiro atoms. The normalized spacial score (nSPS) is 11.1. The summed E-state index contributed by atoms with van der Waals surface area (Å²) in [6.07, 6.45) is 2.52. The molecule has 0 saturated heterocycles. The lowest BCUT2D eigenvalue weighted by atomic mass is 10.2. The number of nitrogens with zero attached hydrogens (tertiary/aromatic N) is 2. The summed E-state index contributed by atoms with van der Waals surface area (Å²) in [4.78, 5) is 32.2. The first-order valence-corrected chi connectivity index (χ1v) is 8.61. The lowest BCUT2D eigenvalue weighted by molar-refractivity contribution is 0.0525. The number of aromatic nitrogens is 2. The Morgan fingerprint density at radius 2 is 2.00 bits per heavy atom. The van der Waals surface area contributed by atoms with Crippen molar-refractivity contribution in [1.29, 1.82) is 0 Å². The van der Waals surface area contributed by atoms with Gasteiger partial charge in [-0.05, 0) is 40.7 Å². The fraction of sp³-hybridized carbons (Fsp3) is 0.412. The molecule has 1 N–H and O–H groups in total. The van der Waals surface area contributed by atoms with Crippen LogP contribution >= 0.6 is 11.3 Å². The molecule has 0 fully saturated rings. The molecule has 0 atom stereocenters. The molecule has 7 nitrogen and oxygen atoms in total. The van der Waals surface area contributed by atoms with Crippen molar-refractivity contribution < 1.29 is 19.1 Å². The Morgan fingerprint density at radius 1 is 1.28 bits per heavy atom. The number of nitrogens with one attached hydrogen (secondary N) is 1. The maximum atomic E-state index is 11.9. The predicted octanol–water partition coefficient (Wildman–Crippen LogP) is 4.04. The fourth-order valence-corrected chi connectivity index (χ4v) is 2.85. The van der Waals surface area contributed by atoms with Crippen LogP contribution in [0.3, 0.4) is 0 Å². The second-order valence-electron chi connectivity index (χ2n) is 6.24. The first-order valence-electron chi connectivity index (χ1n) is 7.79. The van der Waals surface area contributed by atoms with Crippen LogP contribution in [0.1, 0.15) is 43.7 Å². The lowest BCUT2D eigenvalue weighted by Gasteiger charge is -2.19. The molecule has 1 amide bonds. The monoisotopic (exact) mass is 363 g/mol. The first-order chi connectivity index (χ1) is 11.7. The summed E-state index contributed by atoms with van der Waals surface area (Å²) < 4.78 is 10.2. The highest BCUT2D eigenvalue weighted by Gasteiger charge is 2.19. The summed E-state index contributed by atoms with van der Waals surface area (Å²) in [6.45, 7) is 9.21. The number of pyridine rings is 1. The summed E-state index contributed by atoms with van der Waals surface area (Å²) >= 11 is 1.29. The van der Waals surface area contributed by atoms with Crippen LogP contribution in [0.5, 0.6) is 0 Å². The van der Waals surface area contributed by atoms with Crippen molar-refractivity contribution in [3.8, 4) is 10.6 Å². The number of carbonyl (C=O) groups excluding carboxylic acids is 2. The molecule has 25 heavy (non-hydrogen) atoms. The molecule has 0 aromatic carbocycles. The predicted molar refractivity (Wildman–Crippen MR) is 95.9 cm³/mol. The zero-order chi connectivity index (χ0) is 18.6. The van der Waals surface area contributed by atoms with Crippen LogP contribution in [-0.4, -0.2) is 34.2 Å². The summed E-state index contributed by atoms with van der Waals surface area (Å²) in [5.41, 5.74) is 1.11. The topological polar surface area (TPSA) is 90.4 Å². The van der Waals surface area contributed by atoms with E-state index in [1.54, 1.807) is 46.9 Å². The average molecular weight is 363 g/mol. The number of amides is 1. The molecule has 0 aliphatic rings. The number of hydrogen-bond acceptors (Lipinski definition) is 7. The van der Waals surface area contributed by atoms with Gasteiger partial charge >= 0.3 is 12.1 Å². The van der Waals surface area contributed by atoms with Crippen LogP contribution in [-0.2, 0) is 9.47 Å². The van der Waals surface area contributed by atoms with Gasteiger partial charge in [0, 0.05) is 18.0 Å². The van der Waals surface area contributed by atoms with Gasteiger partial charge in [0.25, 0.3) is 0 Å². The Labute approximate surface area is 150 Å². The zero-order valence-electron chi connectivity index (χ0n) is 14.9. The second kappa shape index (κ2) is 7.60. The Kier molecular flexibility index (Phi) is 5.73. The van der Waals surface area contributed by atoms with Gasteiger partial charge in [0.05, 0.1) is 17.9 Å². The van der Waals surface area contributed by atoms with Crippen molar-refractivity contribution in [2.45, 2.75) is 40.2 Å². The SMILES string of the molecule is CCOC(=O)c1cncc(-c2nc(C)c(NC(=O)OC(C)(C)C)s2)c1. The standard InChI is InChI=1S/C17H21N3O4S/c1-6-23-15(21)12-7-11(8-18-9-12)14-19-10(2)13(25-14)20-16(22)24-17(3,4)5/h7-9H,6H2,1-5H3,(H,20,22). The molecular weight excluding hydrogens is 342 g/mol. The zero-order valence-corrected chi connectivity index (χ0v) is 15.7. The average Bonchev–Trinajstić information content (AvgIpc) is 2.87. The molecule has 0 aliphatic carbocycles. The van der Waals surface area contributed by atoms with Crippen molar-refractivity contribution in [1.82, 2.24) is 9.97 Å². The molecule has 8 heteroatoms. The molecule has 2 rings (SSSR count). The molecule has 0 aliphatic heterocycles. The largest absolute Gasteiger partial charge is 0.462 e. The fourth-order valence-electron chi connectivity index (χ4n) is 1.92. The van der Waals surface area contributed by atoms with Crippen molar-refractivity contribution in [3.05, 3.63) is 29.7 Å². The van der Waals surface area contributed by atoms with Gasteiger partial charge in [-0.3, -0.25) is 10.3 Å². The number of carbonyl (C=O) groups is 2. The van der Waals surface area contributed by atoms with E-state index >= 15 is 0 Å². The number of anilines is 1. The first kappa shape index (κ1) is 18.9. The van der Waals surface area contributed by atoms with Gasteiger partial charge in [-0.15, -0.1) is 0 Å². The Balaban J connectivity index is 2.21. The minimum absolute atomic E-state index is 0.295. The van der Waals surface area contributed by atoms with Crippen LogP contribution in [0.4, 0.5) is 9.80 Å². The Morgan fingerprint density at radius 3 is 2.64 bits per heavy atom. The minimum atomic E-state index is -0.580. The second-order valence-corrected chi connectivity index (χ2v) is 7.24. The maximum absolute atomic E-state index is 11.9. The van der Waals surface area contributed by atoms with Crippen LogP contribution in [0.2, 0.25) is 0 Å². The number of rotatable bonds is 4. The van der Waals surface area contributed by atoms with E-state index in [9.17, 15) is 9.59 Å². The van der Waals surface area contributed by atoms with Crippen LogP contribution in [0.25, 0.3) is 10.6 Å². The van der Waals surface area contributed by atoms with Gasteiger partial charge in [-0.25, -0.2) is 14.6 Å². The molecule has 0 unspecified atom stereocenters. The summed E-state index contributed by atoms with van der Waals surface area (Å²) in [5.74, 6) is -0.433. The number of thiazole rings is 1. The van der Waals surface area contributed by atoms with E-state index in [2.05, 4.69) is 15.3 Å². The highest BCUT2D eigenvalue weighted by Crippen LogP contribution is 2.32. The molecule has 2 heterocycles. The van der Waals surface area contributed by atoms with Crippen molar-refractivity contribution in [2.24, 2.45) is 0 Å². The number of esters is 1. The number of aryl methyl sites for hydroxylation is 1. The van der Waals surface area contributed by atoms with E-state index in [1.165, 1.54) is 17.5 Å². The molecule has 0 saturated carbocycles. The smallest absolute Gasteiger partial charge is 0.412 e. The minimum Gasteiger partial charge on any atom is -0.462 e.